The fourth-order valence-corrected chi connectivity index (χ4v) is 2.92. The third-order valence-electron chi connectivity index (χ3n) is 3.37. The Labute approximate surface area is 126 Å². The normalized spacial score (nSPS) is 11.0. The molecular formula is C15H16N4OS. The molecule has 1 amide bonds. The summed E-state index contributed by atoms with van der Waals surface area (Å²) < 4.78 is 2.17. The van der Waals surface area contributed by atoms with Crippen LogP contribution in [0, 0.1) is 0 Å². The summed E-state index contributed by atoms with van der Waals surface area (Å²) in [5.41, 5.74) is 9.95. The summed E-state index contributed by atoms with van der Waals surface area (Å²) in [5.74, 6) is 0.640. The van der Waals surface area contributed by atoms with Crippen LogP contribution in [0.4, 0.5) is 0 Å². The maximum atomic E-state index is 10.8. The maximum Gasteiger partial charge on any atom is 0.217 e. The SMILES string of the molecule is NC(=O)CCCCn1c(-c2cscn2)nc2ccccc21. The van der Waals surface area contributed by atoms with Gasteiger partial charge in [-0.15, -0.1) is 11.3 Å². The molecule has 0 radical (unpaired) electrons. The summed E-state index contributed by atoms with van der Waals surface area (Å²) in [6, 6.07) is 8.06. The average Bonchev–Trinajstić information content (AvgIpc) is 3.11. The van der Waals surface area contributed by atoms with Crippen LogP contribution in [0.25, 0.3) is 22.6 Å². The van der Waals surface area contributed by atoms with Crippen LogP contribution in [0.5, 0.6) is 0 Å². The van der Waals surface area contributed by atoms with E-state index in [0.717, 1.165) is 41.9 Å². The van der Waals surface area contributed by atoms with Crippen molar-refractivity contribution in [1.82, 2.24) is 14.5 Å². The Morgan fingerprint density at radius 1 is 1.29 bits per heavy atom. The number of nitrogens with two attached hydrogens (primary N) is 1. The van der Waals surface area contributed by atoms with Gasteiger partial charge in [-0.2, -0.15) is 0 Å². The van der Waals surface area contributed by atoms with Crippen LogP contribution in [0.15, 0.2) is 35.2 Å². The van der Waals surface area contributed by atoms with Crippen LogP contribution in [-0.4, -0.2) is 20.4 Å². The predicted molar refractivity (Wildman–Crippen MR) is 83.9 cm³/mol. The van der Waals surface area contributed by atoms with E-state index in [1.54, 1.807) is 11.3 Å². The van der Waals surface area contributed by atoms with E-state index in [4.69, 9.17) is 5.73 Å². The number of hydrogen-bond acceptors (Lipinski definition) is 4. The quantitative estimate of drug-likeness (QED) is 0.711. The Morgan fingerprint density at radius 2 is 2.14 bits per heavy atom. The lowest BCUT2D eigenvalue weighted by atomic mass is 10.2. The molecule has 3 aromatic rings. The van der Waals surface area contributed by atoms with E-state index in [9.17, 15) is 4.79 Å². The van der Waals surface area contributed by atoms with Gasteiger partial charge in [-0.05, 0) is 25.0 Å². The van der Waals surface area contributed by atoms with Crippen LogP contribution in [0.3, 0.4) is 0 Å². The van der Waals surface area contributed by atoms with Crippen LogP contribution in [0.2, 0.25) is 0 Å². The zero-order valence-corrected chi connectivity index (χ0v) is 12.3. The summed E-state index contributed by atoms with van der Waals surface area (Å²) in [7, 11) is 0. The molecule has 3 rings (SSSR count). The molecule has 0 bridgehead atoms. The molecule has 0 aliphatic rings. The molecule has 0 unspecified atom stereocenters. The van der Waals surface area contributed by atoms with Crippen LogP contribution in [-0.2, 0) is 11.3 Å². The number of amides is 1. The van der Waals surface area contributed by atoms with Gasteiger partial charge in [0.25, 0.3) is 0 Å². The van der Waals surface area contributed by atoms with Gasteiger partial charge in [-0.3, -0.25) is 4.79 Å². The number of thiazole rings is 1. The van der Waals surface area contributed by atoms with Gasteiger partial charge in [0.15, 0.2) is 5.82 Å². The fraction of sp³-hybridized carbons (Fsp3) is 0.267. The number of primary amides is 1. The molecule has 0 aliphatic carbocycles. The summed E-state index contributed by atoms with van der Waals surface area (Å²) in [4.78, 5) is 19.9. The zero-order valence-electron chi connectivity index (χ0n) is 11.5. The van der Waals surface area contributed by atoms with Crippen molar-refractivity contribution in [3.8, 4) is 11.5 Å². The topological polar surface area (TPSA) is 73.8 Å². The number of aryl methyl sites for hydroxylation is 1. The highest BCUT2D eigenvalue weighted by Gasteiger charge is 2.13. The van der Waals surface area contributed by atoms with Crippen molar-refractivity contribution in [3.63, 3.8) is 0 Å². The van der Waals surface area contributed by atoms with Crippen LogP contribution >= 0.6 is 11.3 Å². The van der Waals surface area contributed by atoms with Gasteiger partial charge in [0.1, 0.15) is 5.69 Å². The molecule has 0 saturated carbocycles. The molecule has 2 heterocycles. The minimum Gasteiger partial charge on any atom is -0.370 e. The molecule has 0 saturated heterocycles. The second-order valence-electron chi connectivity index (χ2n) is 4.87. The number of unbranched alkanes of at least 4 members (excludes halogenated alkanes) is 1. The van der Waals surface area contributed by atoms with Gasteiger partial charge in [0, 0.05) is 18.3 Å². The number of para-hydroxylation sites is 2. The van der Waals surface area contributed by atoms with Crippen molar-refractivity contribution >= 4 is 28.3 Å². The summed E-state index contributed by atoms with van der Waals surface area (Å²) in [5, 5.41) is 2.00. The number of carbonyl (C=O) groups is 1. The van der Waals surface area contributed by atoms with Crippen LogP contribution < -0.4 is 5.73 Å². The average molecular weight is 300 g/mol. The number of benzene rings is 1. The Morgan fingerprint density at radius 3 is 2.90 bits per heavy atom. The molecule has 1 aromatic carbocycles. The highest BCUT2D eigenvalue weighted by Crippen LogP contribution is 2.25. The van der Waals surface area contributed by atoms with E-state index in [1.165, 1.54) is 0 Å². The lowest BCUT2D eigenvalue weighted by Gasteiger charge is -2.07. The monoisotopic (exact) mass is 300 g/mol. The van der Waals surface area contributed by atoms with E-state index in [-0.39, 0.29) is 5.91 Å². The number of fused-ring (bicyclic) bond motifs is 1. The van der Waals surface area contributed by atoms with Gasteiger partial charge >= 0.3 is 0 Å². The van der Waals surface area contributed by atoms with E-state index in [0.29, 0.717) is 6.42 Å². The number of carbonyl (C=O) groups excluding carboxylic acids is 1. The zero-order chi connectivity index (χ0) is 14.7. The third kappa shape index (κ3) is 2.95. The van der Waals surface area contributed by atoms with Gasteiger partial charge in [-0.25, -0.2) is 9.97 Å². The van der Waals surface area contributed by atoms with E-state index in [2.05, 4.69) is 20.6 Å². The van der Waals surface area contributed by atoms with Gasteiger partial charge < -0.3 is 10.3 Å². The largest absolute Gasteiger partial charge is 0.370 e. The molecule has 0 aliphatic heterocycles. The summed E-state index contributed by atoms with van der Waals surface area (Å²) in [6.07, 6.45) is 2.11. The second-order valence-corrected chi connectivity index (χ2v) is 5.59. The molecule has 6 heteroatoms. The summed E-state index contributed by atoms with van der Waals surface area (Å²) in [6.45, 7) is 0.806. The van der Waals surface area contributed by atoms with Crippen molar-refractivity contribution in [2.24, 2.45) is 5.73 Å². The second kappa shape index (κ2) is 6.05. The van der Waals surface area contributed by atoms with Gasteiger partial charge in [0.05, 0.1) is 16.5 Å². The van der Waals surface area contributed by atoms with Crippen LogP contribution in [0.1, 0.15) is 19.3 Å². The third-order valence-corrected chi connectivity index (χ3v) is 3.96. The fourth-order valence-electron chi connectivity index (χ4n) is 2.39. The molecule has 2 aromatic heterocycles. The summed E-state index contributed by atoms with van der Waals surface area (Å²) >= 11 is 1.56. The molecule has 5 nitrogen and oxygen atoms in total. The van der Waals surface area contributed by atoms with Crippen molar-refractivity contribution in [3.05, 3.63) is 35.2 Å². The first-order chi connectivity index (χ1) is 10.3. The Hall–Kier alpha value is -2.21. The first-order valence-corrected chi connectivity index (χ1v) is 7.82. The highest BCUT2D eigenvalue weighted by molar-refractivity contribution is 7.07. The van der Waals surface area contributed by atoms with E-state index in [1.807, 2.05) is 29.1 Å². The minimum absolute atomic E-state index is 0.245. The lowest BCUT2D eigenvalue weighted by molar-refractivity contribution is -0.118. The first kappa shape index (κ1) is 13.8. The van der Waals surface area contributed by atoms with Crippen molar-refractivity contribution < 1.29 is 4.79 Å². The van der Waals surface area contributed by atoms with Gasteiger partial charge in [0.2, 0.25) is 5.91 Å². The van der Waals surface area contributed by atoms with Crippen molar-refractivity contribution in [2.45, 2.75) is 25.8 Å². The van der Waals surface area contributed by atoms with Crippen molar-refractivity contribution in [2.75, 3.05) is 0 Å². The minimum atomic E-state index is -0.245. The number of nitrogens with zero attached hydrogens (tertiary/aromatic N) is 3. The lowest BCUT2D eigenvalue weighted by Crippen LogP contribution is -2.10. The highest BCUT2D eigenvalue weighted by atomic mass is 32.1. The smallest absolute Gasteiger partial charge is 0.217 e. The molecule has 108 valence electrons. The number of hydrogen-bond donors (Lipinski definition) is 1. The maximum absolute atomic E-state index is 10.8. The molecule has 0 atom stereocenters. The molecule has 2 N–H and O–H groups in total. The molecular weight excluding hydrogens is 284 g/mol. The predicted octanol–water partition coefficient (Wildman–Crippen LogP) is 2.82. The standard InChI is InChI=1S/C15H16N4OS/c16-14(20)7-3-4-8-19-13-6-2-1-5-11(13)18-15(19)12-9-21-10-17-12/h1-2,5-6,9-10H,3-4,7-8H2,(H2,16,20). The number of rotatable bonds is 6. The first-order valence-electron chi connectivity index (χ1n) is 6.88. The Bertz CT molecular complexity index is 748. The van der Waals surface area contributed by atoms with Crippen molar-refractivity contribution in [1.29, 1.82) is 0 Å². The molecule has 0 spiro atoms. The van der Waals surface area contributed by atoms with E-state index >= 15 is 0 Å². The Kier molecular flexibility index (Phi) is 3.96. The number of aromatic nitrogens is 3. The van der Waals surface area contributed by atoms with E-state index < -0.39 is 0 Å². The Balaban J connectivity index is 1.91. The number of imidazole rings is 1. The van der Waals surface area contributed by atoms with Gasteiger partial charge in [-0.1, -0.05) is 12.1 Å². The molecule has 0 fully saturated rings. The molecule has 21 heavy (non-hydrogen) atoms.